The van der Waals surface area contributed by atoms with Gasteiger partial charge in [-0.25, -0.2) is 0 Å². The van der Waals surface area contributed by atoms with E-state index in [1.807, 2.05) is 0 Å². The number of carbonyl (C=O) groups excluding carboxylic acids is 3. The van der Waals surface area contributed by atoms with Gasteiger partial charge in [0.15, 0.2) is 6.10 Å². The molecule has 0 fully saturated rings. The summed E-state index contributed by atoms with van der Waals surface area (Å²) in [7, 11) is 0. The molecule has 1 unspecified atom stereocenters. The quantitative estimate of drug-likeness (QED) is 0.0262. The number of allylic oxidation sites excluding steroid dienone is 8. The molecule has 6 nitrogen and oxygen atoms in total. The molecular formula is C57H102O6. The van der Waals surface area contributed by atoms with Crippen LogP contribution in [0.1, 0.15) is 278 Å². The van der Waals surface area contributed by atoms with Crippen molar-refractivity contribution in [3.05, 3.63) is 48.6 Å². The molecule has 0 aliphatic heterocycles. The second-order valence-corrected chi connectivity index (χ2v) is 18.1. The lowest BCUT2D eigenvalue weighted by molar-refractivity contribution is -0.167. The molecule has 0 heterocycles. The van der Waals surface area contributed by atoms with Crippen molar-refractivity contribution in [2.24, 2.45) is 0 Å². The molecule has 0 aromatic rings. The molecule has 0 aromatic heterocycles. The Morgan fingerprint density at radius 1 is 0.333 bits per heavy atom. The Bertz CT molecular complexity index is 1110. The summed E-state index contributed by atoms with van der Waals surface area (Å²) in [6.45, 7) is 6.53. The lowest BCUT2D eigenvalue weighted by Gasteiger charge is -2.18. The van der Waals surface area contributed by atoms with E-state index >= 15 is 0 Å². The number of ether oxygens (including phenoxy) is 3. The van der Waals surface area contributed by atoms with Crippen molar-refractivity contribution in [1.29, 1.82) is 0 Å². The molecule has 1 atom stereocenters. The highest BCUT2D eigenvalue weighted by Gasteiger charge is 2.19. The number of unbranched alkanes of at least 4 members (excludes halogenated alkanes) is 30. The Kier molecular flexibility index (Phi) is 49.8. The third-order valence-electron chi connectivity index (χ3n) is 11.8. The number of carbonyl (C=O) groups is 3. The highest BCUT2D eigenvalue weighted by Crippen LogP contribution is 2.15. The van der Waals surface area contributed by atoms with E-state index < -0.39 is 6.10 Å². The maximum atomic E-state index is 12.8. The van der Waals surface area contributed by atoms with E-state index in [-0.39, 0.29) is 31.1 Å². The van der Waals surface area contributed by atoms with Gasteiger partial charge in [-0.1, -0.05) is 230 Å². The van der Waals surface area contributed by atoms with Gasteiger partial charge < -0.3 is 14.2 Å². The molecule has 0 saturated heterocycles. The fraction of sp³-hybridized carbons (Fsp3) is 0.807. The first-order chi connectivity index (χ1) is 31.0. The van der Waals surface area contributed by atoms with E-state index in [0.29, 0.717) is 19.3 Å². The standard InChI is InChI=1S/C57H102O6/c1-4-7-10-13-16-19-22-25-27-28-29-31-32-35-38-41-44-47-50-56(59)62-53-54(52-61-55(58)49-46-43-40-37-34-24-21-18-15-12-9-6-3)63-57(60)51-48-45-42-39-36-33-30-26-23-20-17-14-11-8-5-2/h8,11,17,20,26-28,30,54H,4-7,9-10,12-16,18-19,21-25,29,31-53H2,1-3H3/b11-8-,20-17-,28-27-,30-26-. The van der Waals surface area contributed by atoms with Gasteiger partial charge in [-0.3, -0.25) is 14.4 Å². The van der Waals surface area contributed by atoms with Crippen molar-refractivity contribution in [2.45, 2.75) is 284 Å². The second kappa shape index (κ2) is 52.0. The maximum absolute atomic E-state index is 12.8. The summed E-state index contributed by atoms with van der Waals surface area (Å²) in [6, 6.07) is 0. The highest BCUT2D eigenvalue weighted by molar-refractivity contribution is 5.71. The van der Waals surface area contributed by atoms with E-state index in [4.69, 9.17) is 14.2 Å². The maximum Gasteiger partial charge on any atom is 0.306 e. The van der Waals surface area contributed by atoms with Gasteiger partial charge >= 0.3 is 17.9 Å². The molecule has 0 aliphatic rings. The van der Waals surface area contributed by atoms with Crippen LogP contribution in [0.4, 0.5) is 0 Å². The molecule has 63 heavy (non-hydrogen) atoms. The molecule has 0 aliphatic carbocycles. The zero-order chi connectivity index (χ0) is 45.8. The van der Waals surface area contributed by atoms with Gasteiger partial charge in [-0.05, 0) is 77.0 Å². The van der Waals surface area contributed by atoms with Crippen LogP contribution in [0, 0.1) is 0 Å². The van der Waals surface area contributed by atoms with Crippen LogP contribution < -0.4 is 0 Å². The first-order valence-corrected chi connectivity index (χ1v) is 27.1. The van der Waals surface area contributed by atoms with Gasteiger partial charge in [0.05, 0.1) is 0 Å². The van der Waals surface area contributed by atoms with Crippen LogP contribution in [0.3, 0.4) is 0 Å². The minimum atomic E-state index is -0.781. The van der Waals surface area contributed by atoms with Crippen LogP contribution in [0.25, 0.3) is 0 Å². The predicted octanol–water partition coefficient (Wildman–Crippen LogP) is 17.9. The van der Waals surface area contributed by atoms with E-state index in [9.17, 15) is 14.4 Å². The normalized spacial score (nSPS) is 12.4. The molecule has 0 saturated carbocycles. The first-order valence-electron chi connectivity index (χ1n) is 27.1. The summed E-state index contributed by atoms with van der Waals surface area (Å²) in [5.41, 5.74) is 0. The lowest BCUT2D eigenvalue weighted by atomic mass is 10.0. The molecule has 0 amide bonds. The van der Waals surface area contributed by atoms with Gasteiger partial charge in [-0.15, -0.1) is 0 Å². The van der Waals surface area contributed by atoms with Crippen LogP contribution in [-0.2, 0) is 28.6 Å². The number of hydrogen-bond donors (Lipinski definition) is 0. The van der Waals surface area contributed by atoms with Gasteiger partial charge in [0.25, 0.3) is 0 Å². The van der Waals surface area contributed by atoms with Crippen LogP contribution >= 0.6 is 0 Å². The topological polar surface area (TPSA) is 78.9 Å². The summed E-state index contributed by atoms with van der Waals surface area (Å²) in [6.07, 6.45) is 62.4. The molecule has 366 valence electrons. The Labute approximate surface area is 390 Å². The zero-order valence-electron chi connectivity index (χ0n) is 41.8. The van der Waals surface area contributed by atoms with E-state index in [2.05, 4.69) is 69.4 Å². The van der Waals surface area contributed by atoms with Gasteiger partial charge in [0.2, 0.25) is 0 Å². The van der Waals surface area contributed by atoms with Crippen molar-refractivity contribution in [1.82, 2.24) is 0 Å². The minimum Gasteiger partial charge on any atom is -0.462 e. The number of rotatable bonds is 49. The van der Waals surface area contributed by atoms with Gasteiger partial charge in [-0.2, -0.15) is 0 Å². The van der Waals surface area contributed by atoms with Crippen molar-refractivity contribution >= 4 is 17.9 Å². The average Bonchev–Trinajstić information content (AvgIpc) is 3.28. The smallest absolute Gasteiger partial charge is 0.306 e. The number of hydrogen-bond acceptors (Lipinski definition) is 6. The molecule has 0 radical (unpaired) electrons. The van der Waals surface area contributed by atoms with Crippen LogP contribution in [0.5, 0.6) is 0 Å². The largest absolute Gasteiger partial charge is 0.462 e. The van der Waals surface area contributed by atoms with E-state index in [0.717, 1.165) is 96.3 Å². The van der Waals surface area contributed by atoms with E-state index in [1.54, 1.807) is 0 Å². The Morgan fingerprint density at radius 2 is 0.619 bits per heavy atom. The fourth-order valence-corrected chi connectivity index (χ4v) is 7.75. The fourth-order valence-electron chi connectivity index (χ4n) is 7.75. The summed E-state index contributed by atoms with van der Waals surface area (Å²) in [5.74, 6) is -0.891. The van der Waals surface area contributed by atoms with Crippen molar-refractivity contribution in [3.8, 4) is 0 Å². The molecule has 0 rings (SSSR count). The van der Waals surface area contributed by atoms with Crippen molar-refractivity contribution in [3.63, 3.8) is 0 Å². The first kappa shape index (κ1) is 60.4. The molecular weight excluding hydrogens is 781 g/mol. The monoisotopic (exact) mass is 883 g/mol. The molecule has 6 heteroatoms. The highest BCUT2D eigenvalue weighted by atomic mass is 16.6. The molecule has 0 spiro atoms. The number of esters is 3. The Hall–Kier alpha value is -2.63. The summed E-state index contributed by atoms with van der Waals surface area (Å²) >= 11 is 0. The average molecular weight is 883 g/mol. The molecule has 0 aromatic carbocycles. The summed E-state index contributed by atoms with van der Waals surface area (Å²) in [5, 5.41) is 0. The van der Waals surface area contributed by atoms with Gasteiger partial charge in [0, 0.05) is 19.3 Å². The third kappa shape index (κ3) is 50.2. The Morgan fingerprint density at radius 3 is 0.984 bits per heavy atom. The zero-order valence-corrected chi connectivity index (χ0v) is 41.8. The van der Waals surface area contributed by atoms with Gasteiger partial charge in [0.1, 0.15) is 13.2 Å². The van der Waals surface area contributed by atoms with Crippen molar-refractivity contribution < 1.29 is 28.6 Å². The Balaban J connectivity index is 4.36. The van der Waals surface area contributed by atoms with Crippen LogP contribution in [0.2, 0.25) is 0 Å². The SMILES string of the molecule is CC/C=C\C/C=C\C/C=C\CCCCCCCC(=O)OC(COC(=O)CCCCCCCCC/C=C\CCCCCCCCC)COC(=O)CCCCCCCCCCCCCC. The minimum absolute atomic E-state index is 0.0791. The summed E-state index contributed by atoms with van der Waals surface area (Å²) < 4.78 is 16.8. The second-order valence-electron chi connectivity index (χ2n) is 18.1. The third-order valence-corrected chi connectivity index (χ3v) is 11.8. The van der Waals surface area contributed by atoms with Crippen LogP contribution in [-0.4, -0.2) is 37.2 Å². The summed E-state index contributed by atoms with van der Waals surface area (Å²) in [4.78, 5) is 38.0. The predicted molar refractivity (Wildman–Crippen MR) is 270 cm³/mol. The van der Waals surface area contributed by atoms with Crippen molar-refractivity contribution in [2.75, 3.05) is 13.2 Å². The van der Waals surface area contributed by atoms with E-state index in [1.165, 1.54) is 141 Å². The molecule has 0 N–H and O–H groups in total. The van der Waals surface area contributed by atoms with Crippen LogP contribution in [0.15, 0.2) is 48.6 Å². The lowest BCUT2D eigenvalue weighted by Crippen LogP contribution is -2.30. The molecule has 0 bridgehead atoms.